The molecule has 0 unspecified atom stereocenters. The molecule has 0 spiro atoms. The molecule has 10 rings (SSSR count). The highest BCUT2D eigenvalue weighted by Crippen LogP contribution is 2.41. The van der Waals surface area contributed by atoms with Crippen molar-refractivity contribution in [3.63, 3.8) is 0 Å². The van der Waals surface area contributed by atoms with Crippen LogP contribution in [0.5, 0.6) is 0 Å². The number of benzene rings is 9. The lowest BCUT2D eigenvalue weighted by Crippen LogP contribution is -2.10. The van der Waals surface area contributed by atoms with Crippen molar-refractivity contribution in [2.75, 3.05) is 4.90 Å². The minimum absolute atomic E-state index is 0.852. The maximum atomic E-state index is 6.32. The van der Waals surface area contributed by atoms with Crippen molar-refractivity contribution < 1.29 is 4.42 Å². The second-order valence-corrected chi connectivity index (χ2v) is 13.8. The quantitative estimate of drug-likeness (QED) is 0.155. The van der Waals surface area contributed by atoms with Gasteiger partial charge in [0.2, 0.25) is 0 Å². The molecule has 1 aromatic heterocycles. The lowest BCUT2D eigenvalue weighted by molar-refractivity contribution is 0.631. The molecule has 0 aliphatic rings. The Hall–Kier alpha value is -7.16. The molecule has 0 bridgehead atoms. The molecule has 0 saturated heterocycles. The highest BCUT2D eigenvalue weighted by molar-refractivity contribution is 6.13. The van der Waals surface area contributed by atoms with Crippen LogP contribution in [-0.2, 0) is 0 Å². The van der Waals surface area contributed by atoms with Crippen molar-refractivity contribution in [1.82, 2.24) is 0 Å². The number of rotatable bonds is 7. The minimum Gasteiger partial charge on any atom is -0.456 e. The standard InChI is InChI=1S/C52H35NO/c1-2-12-36(13-3-1)39-16-10-17-40(32-39)37-24-28-44(29-25-37)53(46-19-11-18-42(33-46)52-35-43-15-5-9-23-51(43)54-52)45-30-26-38(27-31-45)50-34-41-14-4-6-20-47(41)48-21-7-8-22-49(48)50/h1-35H. The summed E-state index contributed by atoms with van der Waals surface area (Å²) < 4.78 is 6.32. The van der Waals surface area contributed by atoms with Gasteiger partial charge in [-0.3, -0.25) is 0 Å². The van der Waals surface area contributed by atoms with Gasteiger partial charge in [0.05, 0.1) is 0 Å². The van der Waals surface area contributed by atoms with Gasteiger partial charge >= 0.3 is 0 Å². The van der Waals surface area contributed by atoms with Crippen molar-refractivity contribution in [3.8, 4) is 44.7 Å². The van der Waals surface area contributed by atoms with Gasteiger partial charge in [0, 0.05) is 28.0 Å². The lowest BCUT2D eigenvalue weighted by Gasteiger charge is -2.26. The third-order valence-corrected chi connectivity index (χ3v) is 10.4. The van der Waals surface area contributed by atoms with Crippen LogP contribution in [0.25, 0.3) is 77.2 Å². The van der Waals surface area contributed by atoms with Crippen LogP contribution in [0.15, 0.2) is 217 Å². The van der Waals surface area contributed by atoms with E-state index >= 15 is 0 Å². The van der Waals surface area contributed by atoms with Gasteiger partial charge in [-0.2, -0.15) is 0 Å². The number of hydrogen-bond acceptors (Lipinski definition) is 2. The molecular weight excluding hydrogens is 655 g/mol. The molecule has 10 aromatic rings. The van der Waals surface area contributed by atoms with E-state index in [1.807, 2.05) is 18.2 Å². The molecule has 0 fully saturated rings. The first kappa shape index (κ1) is 31.6. The molecule has 0 atom stereocenters. The van der Waals surface area contributed by atoms with E-state index in [-0.39, 0.29) is 0 Å². The van der Waals surface area contributed by atoms with E-state index in [1.165, 1.54) is 54.9 Å². The van der Waals surface area contributed by atoms with Crippen molar-refractivity contribution in [2.45, 2.75) is 0 Å². The summed E-state index contributed by atoms with van der Waals surface area (Å²) in [6, 6.07) is 75.9. The van der Waals surface area contributed by atoms with E-state index < -0.39 is 0 Å². The average molecular weight is 690 g/mol. The van der Waals surface area contributed by atoms with Gasteiger partial charge in [-0.05, 0) is 116 Å². The van der Waals surface area contributed by atoms with Crippen molar-refractivity contribution in [1.29, 1.82) is 0 Å². The Bertz CT molecular complexity index is 2890. The molecule has 2 heteroatoms. The second-order valence-electron chi connectivity index (χ2n) is 13.8. The van der Waals surface area contributed by atoms with E-state index in [2.05, 4.69) is 199 Å². The Kier molecular flexibility index (Phi) is 7.85. The number of hydrogen-bond donors (Lipinski definition) is 0. The molecule has 0 aliphatic heterocycles. The van der Waals surface area contributed by atoms with Gasteiger partial charge in [0.25, 0.3) is 0 Å². The zero-order valence-corrected chi connectivity index (χ0v) is 29.6. The third-order valence-electron chi connectivity index (χ3n) is 10.4. The molecule has 254 valence electrons. The van der Waals surface area contributed by atoms with Crippen molar-refractivity contribution in [2.24, 2.45) is 0 Å². The van der Waals surface area contributed by atoms with Crippen LogP contribution in [-0.4, -0.2) is 0 Å². The lowest BCUT2D eigenvalue weighted by atomic mass is 9.93. The van der Waals surface area contributed by atoms with Crippen molar-refractivity contribution >= 4 is 49.6 Å². The molecule has 2 nitrogen and oxygen atoms in total. The summed E-state index contributed by atoms with van der Waals surface area (Å²) in [6.07, 6.45) is 0. The molecule has 1 heterocycles. The Morgan fingerprint density at radius 2 is 0.852 bits per heavy atom. The molecule has 0 saturated carbocycles. The van der Waals surface area contributed by atoms with Gasteiger partial charge in [-0.25, -0.2) is 0 Å². The summed E-state index contributed by atoms with van der Waals surface area (Å²) in [5, 5.41) is 6.14. The number of para-hydroxylation sites is 1. The van der Waals surface area contributed by atoms with E-state index in [9.17, 15) is 0 Å². The monoisotopic (exact) mass is 689 g/mol. The second kappa shape index (κ2) is 13.4. The number of anilines is 3. The van der Waals surface area contributed by atoms with Crippen LogP contribution in [0.2, 0.25) is 0 Å². The van der Waals surface area contributed by atoms with Crippen LogP contribution in [0.1, 0.15) is 0 Å². The summed E-state index contributed by atoms with van der Waals surface area (Å²) in [5.74, 6) is 0.852. The van der Waals surface area contributed by atoms with Crippen LogP contribution in [0, 0.1) is 0 Å². The molecule has 0 radical (unpaired) electrons. The number of fused-ring (bicyclic) bond motifs is 4. The van der Waals surface area contributed by atoms with Gasteiger partial charge in [-0.15, -0.1) is 0 Å². The fourth-order valence-corrected chi connectivity index (χ4v) is 7.76. The van der Waals surface area contributed by atoms with Gasteiger partial charge in [0.1, 0.15) is 11.3 Å². The zero-order valence-electron chi connectivity index (χ0n) is 29.6. The number of furan rings is 1. The van der Waals surface area contributed by atoms with E-state index in [0.29, 0.717) is 0 Å². The van der Waals surface area contributed by atoms with Gasteiger partial charge < -0.3 is 9.32 Å². The Morgan fingerprint density at radius 1 is 0.296 bits per heavy atom. The highest BCUT2D eigenvalue weighted by Gasteiger charge is 2.16. The summed E-state index contributed by atoms with van der Waals surface area (Å²) in [6.45, 7) is 0. The van der Waals surface area contributed by atoms with E-state index in [4.69, 9.17) is 4.42 Å². The summed E-state index contributed by atoms with van der Waals surface area (Å²) in [7, 11) is 0. The first-order chi connectivity index (χ1) is 26.7. The van der Waals surface area contributed by atoms with Crippen LogP contribution in [0.4, 0.5) is 17.1 Å². The molecular formula is C52H35NO. The van der Waals surface area contributed by atoms with Crippen LogP contribution in [0.3, 0.4) is 0 Å². The first-order valence-electron chi connectivity index (χ1n) is 18.4. The van der Waals surface area contributed by atoms with E-state index in [0.717, 1.165) is 39.4 Å². The number of nitrogens with zero attached hydrogens (tertiary/aromatic N) is 1. The minimum atomic E-state index is 0.852. The maximum Gasteiger partial charge on any atom is 0.135 e. The Labute approximate surface area is 314 Å². The molecule has 0 aliphatic carbocycles. The summed E-state index contributed by atoms with van der Waals surface area (Å²) in [4.78, 5) is 2.33. The predicted octanol–water partition coefficient (Wildman–Crippen LogP) is 14.9. The SMILES string of the molecule is c1ccc(-c2cccc(-c3ccc(N(c4ccc(-c5cc6ccccc6c6ccccc56)cc4)c4cccc(-c5cc6ccccc6o5)c4)cc3)c2)cc1. The maximum absolute atomic E-state index is 6.32. The Morgan fingerprint density at radius 3 is 1.59 bits per heavy atom. The first-order valence-corrected chi connectivity index (χ1v) is 18.4. The highest BCUT2D eigenvalue weighted by atomic mass is 16.3. The predicted molar refractivity (Wildman–Crippen MR) is 228 cm³/mol. The summed E-state index contributed by atoms with van der Waals surface area (Å²) in [5.41, 5.74) is 12.3. The fourth-order valence-electron chi connectivity index (χ4n) is 7.76. The van der Waals surface area contributed by atoms with E-state index in [1.54, 1.807) is 0 Å². The summed E-state index contributed by atoms with van der Waals surface area (Å²) >= 11 is 0. The van der Waals surface area contributed by atoms with Gasteiger partial charge in [-0.1, -0.05) is 152 Å². The topological polar surface area (TPSA) is 16.4 Å². The molecule has 0 N–H and O–H groups in total. The molecule has 0 amide bonds. The normalized spacial score (nSPS) is 11.3. The Balaban J connectivity index is 1.06. The average Bonchev–Trinajstić information content (AvgIpc) is 3.69. The zero-order chi connectivity index (χ0) is 35.8. The smallest absolute Gasteiger partial charge is 0.135 e. The fraction of sp³-hybridized carbons (Fsp3) is 0. The van der Waals surface area contributed by atoms with Gasteiger partial charge in [0.15, 0.2) is 0 Å². The third kappa shape index (κ3) is 5.81. The molecule has 9 aromatic carbocycles. The largest absolute Gasteiger partial charge is 0.456 e. The van der Waals surface area contributed by atoms with Crippen LogP contribution < -0.4 is 4.90 Å². The molecule has 54 heavy (non-hydrogen) atoms. The van der Waals surface area contributed by atoms with Crippen LogP contribution >= 0.6 is 0 Å². The van der Waals surface area contributed by atoms with Crippen molar-refractivity contribution in [3.05, 3.63) is 212 Å².